The molecule has 11 heteroatoms. The Balaban J connectivity index is 1.27. The summed E-state index contributed by atoms with van der Waals surface area (Å²) < 4.78 is 59.2. The minimum Gasteiger partial charge on any atom is -0.467 e. The lowest BCUT2D eigenvalue weighted by Gasteiger charge is -2.34. The quantitative estimate of drug-likeness (QED) is 0.382. The van der Waals surface area contributed by atoms with E-state index in [0.717, 1.165) is 12.8 Å². The molecule has 1 amide bonds. The first-order chi connectivity index (χ1) is 18.8. The fourth-order valence-corrected chi connectivity index (χ4v) is 6.88. The minimum absolute atomic E-state index is 0.00298. The number of rotatable bonds is 9. The second-order valence-electron chi connectivity index (χ2n) is 9.93. The number of furan rings is 1. The van der Waals surface area contributed by atoms with Gasteiger partial charge in [-0.1, -0.05) is 23.4 Å². The van der Waals surface area contributed by atoms with Crippen LogP contribution in [0.3, 0.4) is 0 Å². The lowest BCUT2D eigenvalue weighted by Crippen LogP contribution is -2.46. The Morgan fingerprint density at radius 3 is 2.64 bits per heavy atom. The summed E-state index contributed by atoms with van der Waals surface area (Å²) in [6.07, 6.45) is 7.12. The van der Waals surface area contributed by atoms with Gasteiger partial charge in [0, 0.05) is 37.7 Å². The van der Waals surface area contributed by atoms with E-state index >= 15 is 0 Å². The maximum Gasteiger partial charge on any atom is 0.248 e. The van der Waals surface area contributed by atoms with Crippen molar-refractivity contribution in [1.29, 1.82) is 0 Å². The number of aromatic nitrogens is 1. The van der Waals surface area contributed by atoms with Gasteiger partial charge in [-0.2, -0.15) is 4.31 Å². The van der Waals surface area contributed by atoms with Gasteiger partial charge in [0.05, 0.1) is 18.9 Å². The SMILES string of the molecule is Cc1noc(C=Cc2ccccc2F)c1S(=O)(=O)N1CCC(C(=O)N(Cc2ccco2)CC2CCCO2)CC1. The molecule has 0 spiro atoms. The first-order valence-corrected chi connectivity index (χ1v) is 14.6. The highest BCUT2D eigenvalue weighted by Gasteiger charge is 2.37. The smallest absolute Gasteiger partial charge is 0.248 e. The van der Waals surface area contributed by atoms with Crippen LogP contribution in [-0.2, 0) is 26.1 Å². The van der Waals surface area contributed by atoms with Crippen LogP contribution in [0.15, 0.2) is 56.5 Å². The predicted octanol–water partition coefficient (Wildman–Crippen LogP) is 4.49. The van der Waals surface area contributed by atoms with E-state index in [1.54, 1.807) is 42.4 Å². The van der Waals surface area contributed by atoms with Gasteiger partial charge in [-0.3, -0.25) is 4.79 Å². The third kappa shape index (κ3) is 6.15. The number of hydrogen-bond acceptors (Lipinski definition) is 7. The van der Waals surface area contributed by atoms with E-state index in [9.17, 15) is 17.6 Å². The van der Waals surface area contributed by atoms with E-state index in [1.165, 1.54) is 22.5 Å². The lowest BCUT2D eigenvalue weighted by molar-refractivity contribution is -0.139. The Labute approximate surface area is 227 Å². The van der Waals surface area contributed by atoms with Crippen LogP contribution in [0.5, 0.6) is 0 Å². The molecule has 208 valence electrons. The topological polar surface area (TPSA) is 106 Å². The van der Waals surface area contributed by atoms with Crippen LogP contribution in [0.2, 0.25) is 0 Å². The highest BCUT2D eigenvalue weighted by atomic mass is 32.2. The van der Waals surface area contributed by atoms with E-state index in [4.69, 9.17) is 13.7 Å². The molecular formula is C28H32FN3O6S. The molecular weight excluding hydrogens is 525 g/mol. The van der Waals surface area contributed by atoms with Crippen LogP contribution in [-0.4, -0.2) is 61.0 Å². The second-order valence-corrected chi connectivity index (χ2v) is 11.8. The van der Waals surface area contributed by atoms with Crippen molar-refractivity contribution >= 4 is 28.1 Å². The molecule has 5 rings (SSSR count). The predicted molar refractivity (Wildman–Crippen MR) is 141 cm³/mol. The van der Waals surface area contributed by atoms with E-state index in [0.29, 0.717) is 43.9 Å². The number of sulfonamides is 1. The monoisotopic (exact) mass is 557 g/mol. The Morgan fingerprint density at radius 1 is 1.15 bits per heavy atom. The van der Waals surface area contributed by atoms with Crippen LogP contribution in [0.4, 0.5) is 4.39 Å². The van der Waals surface area contributed by atoms with Crippen molar-refractivity contribution < 1.29 is 31.3 Å². The van der Waals surface area contributed by atoms with Crippen molar-refractivity contribution in [3.05, 3.63) is 71.3 Å². The van der Waals surface area contributed by atoms with E-state index in [2.05, 4.69) is 5.16 Å². The second kappa shape index (κ2) is 11.8. The largest absolute Gasteiger partial charge is 0.467 e. The number of carbonyl (C=O) groups is 1. The van der Waals surface area contributed by atoms with Crippen LogP contribution in [0.25, 0.3) is 12.2 Å². The number of ether oxygens (including phenoxy) is 1. The third-order valence-electron chi connectivity index (χ3n) is 7.24. The van der Waals surface area contributed by atoms with Gasteiger partial charge in [0.25, 0.3) is 0 Å². The van der Waals surface area contributed by atoms with E-state index < -0.39 is 15.8 Å². The molecule has 2 saturated heterocycles. The summed E-state index contributed by atoms with van der Waals surface area (Å²) in [5.74, 6) is -0.0254. The standard InChI is InChI=1S/C28H32FN3O6S/c1-20-27(26(38-30-20)11-10-21-6-2-3-9-25(21)29)39(34,35)32-14-12-22(13-15-32)28(33)31(18-23-7-4-16-36-23)19-24-8-5-17-37-24/h2-4,6-7,9-11,16,22,24H,5,8,12-15,17-19H2,1H3. The van der Waals surface area contributed by atoms with E-state index in [-0.39, 0.29) is 47.4 Å². The molecule has 2 aromatic heterocycles. The van der Waals surface area contributed by atoms with Gasteiger partial charge in [-0.25, -0.2) is 12.8 Å². The molecule has 0 aliphatic carbocycles. The molecule has 1 atom stereocenters. The number of amides is 1. The fraction of sp³-hybridized carbons (Fsp3) is 0.429. The van der Waals surface area contributed by atoms with Crippen molar-refractivity contribution in [2.75, 3.05) is 26.2 Å². The maximum absolute atomic E-state index is 14.0. The van der Waals surface area contributed by atoms with Crippen LogP contribution < -0.4 is 0 Å². The average molecular weight is 558 g/mol. The number of aryl methyl sites for hydroxylation is 1. The first-order valence-electron chi connectivity index (χ1n) is 13.1. The number of halogens is 1. The Bertz CT molecular complexity index is 1400. The third-order valence-corrected chi connectivity index (χ3v) is 9.30. The number of nitrogens with zero attached hydrogens (tertiary/aromatic N) is 3. The minimum atomic E-state index is -3.95. The van der Waals surface area contributed by atoms with Crippen molar-refractivity contribution in [3.8, 4) is 0 Å². The molecule has 3 aromatic rings. The molecule has 1 unspecified atom stereocenters. The Hall–Kier alpha value is -3.28. The highest BCUT2D eigenvalue weighted by molar-refractivity contribution is 7.89. The zero-order valence-corrected chi connectivity index (χ0v) is 22.6. The van der Waals surface area contributed by atoms with Gasteiger partial charge in [-0.05, 0) is 63.0 Å². The molecule has 1 aromatic carbocycles. The molecule has 0 bridgehead atoms. The number of benzene rings is 1. The summed E-state index contributed by atoms with van der Waals surface area (Å²) in [6.45, 7) is 3.47. The summed E-state index contributed by atoms with van der Waals surface area (Å²) in [6, 6.07) is 9.80. The average Bonchev–Trinajstić information content (AvgIpc) is 3.71. The highest BCUT2D eigenvalue weighted by Crippen LogP contribution is 2.30. The molecule has 2 aliphatic heterocycles. The van der Waals surface area contributed by atoms with Gasteiger partial charge < -0.3 is 18.6 Å². The molecule has 2 aliphatic rings. The lowest BCUT2D eigenvalue weighted by atomic mass is 9.96. The first kappa shape index (κ1) is 27.3. The maximum atomic E-state index is 14.0. The Kier molecular flexibility index (Phi) is 8.29. The van der Waals surface area contributed by atoms with Crippen molar-refractivity contribution in [3.63, 3.8) is 0 Å². The zero-order chi connectivity index (χ0) is 27.4. The van der Waals surface area contributed by atoms with Crippen LogP contribution in [0.1, 0.15) is 48.5 Å². The van der Waals surface area contributed by atoms with Crippen molar-refractivity contribution in [2.24, 2.45) is 5.92 Å². The molecule has 0 N–H and O–H groups in total. The summed E-state index contributed by atoms with van der Waals surface area (Å²) in [5.41, 5.74) is 0.527. The number of piperidine rings is 1. The molecule has 4 heterocycles. The summed E-state index contributed by atoms with van der Waals surface area (Å²) in [7, 11) is -3.95. The van der Waals surface area contributed by atoms with Crippen molar-refractivity contribution in [1.82, 2.24) is 14.4 Å². The number of carbonyl (C=O) groups excluding carboxylic acids is 1. The van der Waals surface area contributed by atoms with Gasteiger partial charge in [0.1, 0.15) is 17.3 Å². The van der Waals surface area contributed by atoms with E-state index in [1.807, 2.05) is 6.07 Å². The van der Waals surface area contributed by atoms with Gasteiger partial charge in [-0.15, -0.1) is 0 Å². The van der Waals surface area contributed by atoms with Crippen LogP contribution >= 0.6 is 0 Å². The summed E-state index contributed by atoms with van der Waals surface area (Å²) >= 11 is 0. The summed E-state index contributed by atoms with van der Waals surface area (Å²) in [5, 5.41) is 3.86. The zero-order valence-electron chi connectivity index (χ0n) is 21.8. The Morgan fingerprint density at radius 2 is 1.95 bits per heavy atom. The van der Waals surface area contributed by atoms with Gasteiger partial charge in [0.15, 0.2) is 10.7 Å². The molecule has 0 radical (unpaired) electrons. The van der Waals surface area contributed by atoms with Gasteiger partial charge in [0.2, 0.25) is 15.9 Å². The fourth-order valence-electron chi connectivity index (χ4n) is 5.16. The summed E-state index contributed by atoms with van der Waals surface area (Å²) in [4.78, 5) is 15.3. The van der Waals surface area contributed by atoms with Crippen molar-refractivity contribution in [2.45, 2.75) is 50.2 Å². The molecule has 9 nitrogen and oxygen atoms in total. The van der Waals surface area contributed by atoms with Gasteiger partial charge >= 0.3 is 0 Å². The molecule has 2 fully saturated rings. The molecule has 0 saturated carbocycles. The number of hydrogen-bond donors (Lipinski definition) is 0. The molecule has 39 heavy (non-hydrogen) atoms. The normalized spacial score (nSPS) is 19.2. The van der Waals surface area contributed by atoms with Crippen LogP contribution in [0, 0.1) is 18.7 Å².